The van der Waals surface area contributed by atoms with Crippen LogP contribution in [0, 0.1) is 18.6 Å². The maximum atomic E-state index is 13.4. The van der Waals surface area contributed by atoms with Crippen LogP contribution in [-0.4, -0.2) is 17.4 Å². The van der Waals surface area contributed by atoms with Crippen LogP contribution in [0.2, 0.25) is 0 Å². The Labute approximate surface area is 121 Å². The van der Waals surface area contributed by atoms with Crippen LogP contribution in [-0.2, 0) is 11.3 Å². The number of para-hydroxylation sites is 1. The standard InChI is InChI=1S/C15H15F2N3O/c1-10-4-2-5-11(19-10)8-18-9-14(21)20-15-12(16)6-3-7-13(15)17/h2-7,18H,8-9H2,1H3,(H,20,21). The molecule has 1 heterocycles. The van der Waals surface area contributed by atoms with E-state index in [1.165, 1.54) is 6.07 Å². The van der Waals surface area contributed by atoms with Crippen molar-refractivity contribution < 1.29 is 13.6 Å². The molecule has 2 rings (SSSR count). The Balaban J connectivity index is 1.85. The van der Waals surface area contributed by atoms with Crippen LogP contribution in [0.1, 0.15) is 11.4 Å². The number of amides is 1. The molecule has 0 bridgehead atoms. The van der Waals surface area contributed by atoms with Gasteiger partial charge in [0.1, 0.15) is 17.3 Å². The maximum absolute atomic E-state index is 13.4. The molecule has 21 heavy (non-hydrogen) atoms. The van der Waals surface area contributed by atoms with Gasteiger partial charge in [0.05, 0.1) is 12.2 Å². The molecule has 2 N–H and O–H groups in total. The van der Waals surface area contributed by atoms with Gasteiger partial charge in [0.15, 0.2) is 0 Å². The fraction of sp³-hybridized carbons (Fsp3) is 0.200. The molecule has 1 aromatic carbocycles. The number of nitrogens with one attached hydrogen (secondary N) is 2. The SMILES string of the molecule is Cc1cccc(CNCC(=O)Nc2c(F)cccc2F)n1. The van der Waals surface area contributed by atoms with Crippen LogP contribution in [0.5, 0.6) is 0 Å². The lowest BCUT2D eigenvalue weighted by atomic mass is 10.3. The molecule has 0 aliphatic carbocycles. The van der Waals surface area contributed by atoms with Gasteiger partial charge in [-0.1, -0.05) is 12.1 Å². The first-order chi connectivity index (χ1) is 10.1. The number of hydrogen-bond donors (Lipinski definition) is 2. The maximum Gasteiger partial charge on any atom is 0.238 e. The second-order valence-electron chi connectivity index (χ2n) is 4.52. The molecule has 6 heteroatoms. The van der Waals surface area contributed by atoms with E-state index < -0.39 is 23.2 Å². The lowest BCUT2D eigenvalue weighted by molar-refractivity contribution is -0.115. The van der Waals surface area contributed by atoms with E-state index in [0.717, 1.165) is 23.5 Å². The fourth-order valence-corrected chi connectivity index (χ4v) is 1.80. The summed E-state index contributed by atoms with van der Waals surface area (Å²) in [6, 6.07) is 8.98. The van der Waals surface area contributed by atoms with Crippen molar-refractivity contribution in [2.75, 3.05) is 11.9 Å². The van der Waals surface area contributed by atoms with Crippen LogP contribution in [0.25, 0.3) is 0 Å². The highest BCUT2D eigenvalue weighted by Crippen LogP contribution is 2.17. The highest BCUT2D eigenvalue weighted by atomic mass is 19.1. The van der Waals surface area contributed by atoms with Gasteiger partial charge in [0.25, 0.3) is 0 Å². The van der Waals surface area contributed by atoms with Crippen molar-refractivity contribution in [2.24, 2.45) is 0 Å². The molecule has 0 spiro atoms. The minimum absolute atomic E-state index is 0.0661. The highest BCUT2D eigenvalue weighted by Gasteiger charge is 2.11. The van der Waals surface area contributed by atoms with Gasteiger partial charge in [0.2, 0.25) is 5.91 Å². The number of pyridine rings is 1. The number of benzene rings is 1. The van der Waals surface area contributed by atoms with Crippen molar-refractivity contribution in [3.8, 4) is 0 Å². The van der Waals surface area contributed by atoms with Gasteiger partial charge < -0.3 is 10.6 Å². The molecule has 0 aliphatic rings. The minimum atomic E-state index is -0.802. The van der Waals surface area contributed by atoms with E-state index >= 15 is 0 Å². The Hall–Kier alpha value is -2.34. The van der Waals surface area contributed by atoms with E-state index in [1.54, 1.807) is 0 Å². The Morgan fingerprint density at radius 2 is 1.81 bits per heavy atom. The number of carbonyl (C=O) groups excluding carboxylic acids is 1. The number of aromatic nitrogens is 1. The number of rotatable bonds is 5. The van der Waals surface area contributed by atoms with Crippen molar-refractivity contribution in [1.29, 1.82) is 0 Å². The number of hydrogen-bond acceptors (Lipinski definition) is 3. The monoisotopic (exact) mass is 291 g/mol. The molecule has 0 saturated heterocycles. The molecule has 0 aliphatic heterocycles. The van der Waals surface area contributed by atoms with Crippen LogP contribution >= 0.6 is 0 Å². The van der Waals surface area contributed by atoms with E-state index in [4.69, 9.17) is 0 Å². The molecule has 2 aromatic rings. The lowest BCUT2D eigenvalue weighted by Crippen LogP contribution is -2.28. The Kier molecular flexibility index (Phi) is 4.94. The Bertz CT molecular complexity index is 626. The minimum Gasteiger partial charge on any atom is -0.320 e. The fourth-order valence-electron chi connectivity index (χ4n) is 1.80. The molecular formula is C15H15F2N3O. The number of anilines is 1. The summed E-state index contributed by atoms with van der Waals surface area (Å²) in [7, 11) is 0. The second-order valence-corrected chi connectivity index (χ2v) is 4.52. The average Bonchev–Trinajstić information content (AvgIpc) is 2.43. The van der Waals surface area contributed by atoms with E-state index in [-0.39, 0.29) is 6.54 Å². The van der Waals surface area contributed by atoms with Crippen molar-refractivity contribution in [3.63, 3.8) is 0 Å². The molecular weight excluding hydrogens is 276 g/mol. The van der Waals surface area contributed by atoms with Gasteiger partial charge in [-0.2, -0.15) is 0 Å². The van der Waals surface area contributed by atoms with E-state index in [9.17, 15) is 13.6 Å². The van der Waals surface area contributed by atoms with Gasteiger partial charge >= 0.3 is 0 Å². The summed E-state index contributed by atoms with van der Waals surface area (Å²) in [5.41, 5.74) is 1.24. The molecule has 0 atom stereocenters. The number of aryl methyl sites for hydroxylation is 1. The highest BCUT2D eigenvalue weighted by molar-refractivity contribution is 5.92. The van der Waals surface area contributed by atoms with Crippen molar-refractivity contribution in [3.05, 3.63) is 59.4 Å². The first-order valence-corrected chi connectivity index (χ1v) is 6.43. The third-order valence-corrected chi connectivity index (χ3v) is 2.76. The largest absolute Gasteiger partial charge is 0.320 e. The molecule has 1 amide bonds. The summed E-state index contributed by atoms with van der Waals surface area (Å²) < 4.78 is 26.7. The second kappa shape index (κ2) is 6.90. The quantitative estimate of drug-likeness (QED) is 0.889. The first kappa shape index (κ1) is 15.1. The zero-order chi connectivity index (χ0) is 15.2. The number of carbonyl (C=O) groups is 1. The van der Waals surface area contributed by atoms with Gasteiger partial charge in [-0.3, -0.25) is 9.78 Å². The predicted molar refractivity (Wildman–Crippen MR) is 75.7 cm³/mol. The average molecular weight is 291 g/mol. The number of halogens is 2. The summed E-state index contributed by atoms with van der Waals surface area (Å²) in [6.45, 7) is 2.20. The molecule has 0 radical (unpaired) electrons. The summed E-state index contributed by atoms with van der Waals surface area (Å²) in [6.07, 6.45) is 0. The lowest BCUT2D eigenvalue weighted by Gasteiger charge is -2.08. The van der Waals surface area contributed by atoms with E-state index in [1.807, 2.05) is 25.1 Å². The normalized spacial score (nSPS) is 10.4. The van der Waals surface area contributed by atoms with E-state index in [0.29, 0.717) is 6.54 Å². The van der Waals surface area contributed by atoms with Crippen LogP contribution in [0.3, 0.4) is 0 Å². The van der Waals surface area contributed by atoms with Crippen molar-refractivity contribution in [1.82, 2.24) is 10.3 Å². The van der Waals surface area contributed by atoms with Gasteiger partial charge in [-0.05, 0) is 31.2 Å². The van der Waals surface area contributed by atoms with Crippen molar-refractivity contribution in [2.45, 2.75) is 13.5 Å². The molecule has 4 nitrogen and oxygen atoms in total. The van der Waals surface area contributed by atoms with E-state index in [2.05, 4.69) is 15.6 Å². The van der Waals surface area contributed by atoms with Crippen LogP contribution in [0.4, 0.5) is 14.5 Å². The zero-order valence-electron chi connectivity index (χ0n) is 11.5. The van der Waals surface area contributed by atoms with Crippen LogP contribution in [0.15, 0.2) is 36.4 Å². The Morgan fingerprint density at radius 3 is 2.48 bits per heavy atom. The molecule has 110 valence electrons. The molecule has 0 fully saturated rings. The smallest absolute Gasteiger partial charge is 0.238 e. The first-order valence-electron chi connectivity index (χ1n) is 6.43. The summed E-state index contributed by atoms with van der Waals surface area (Å²) in [4.78, 5) is 15.9. The topological polar surface area (TPSA) is 54.0 Å². The molecule has 0 saturated carbocycles. The zero-order valence-corrected chi connectivity index (χ0v) is 11.5. The Morgan fingerprint density at radius 1 is 1.14 bits per heavy atom. The predicted octanol–water partition coefficient (Wildman–Crippen LogP) is 2.40. The molecule has 0 unspecified atom stereocenters. The van der Waals surface area contributed by atoms with Gasteiger partial charge in [-0.15, -0.1) is 0 Å². The van der Waals surface area contributed by atoms with Gasteiger partial charge in [0, 0.05) is 12.2 Å². The molecule has 1 aromatic heterocycles. The third-order valence-electron chi connectivity index (χ3n) is 2.76. The van der Waals surface area contributed by atoms with Crippen molar-refractivity contribution >= 4 is 11.6 Å². The van der Waals surface area contributed by atoms with Gasteiger partial charge in [-0.25, -0.2) is 8.78 Å². The summed E-state index contributed by atoms with van der Waals surface area (Å²) in [5.74, 6) is -2.13. The van der Waals surface area contributed by atoms with Crippen LogP contribution < -0.4 is 10.6 Å². The summed E-state index contributed by atoms with van der Waals surface area (Å²) in [5, 5.41) is 5.07. The third kappa shape index (κ3) is 4.32. The number of nitrogens with zero attached hydrogens (tertiary/aromatic N) is 1. The summed E-state index contributed by atoms with van der Waals surface area (Å²) >= 11 is 0.